The second-order valence-corrected chi connectivity index (χ2v) is 8.88. The number of hydrogen-bond acceptors (Lipinski definition) is 10. The first kappa shape index (κ1) is 21.4. The highest BCUT2D eigenvalue weighted by molar-refractivity contribution is 7.99. The number of anilines is 1. The van der Waals surface area contributed by atoms with Crippen molar-refractivity contribution in [2.45, 2.75) is 41.9 Å². The molecule has 5 atom stereocenters. The van der Waals surface area contributed by atoms with Crippen LogP contribution in [0.15, 0.2) is 41.8 Å². The summed E-state index contributed by atoms with van der Waals surface area (Å²) >= 11 is 1.54. The van der Waals surface area contributed by atoms with Crippen molar-refractivity contribution in [1.82, 2.24) is 19.5 Å². The number of ether oxygens (including phenoxy) is 3. The van der Waals surface area contributed by atoms with Gasteiger partial charge in [0.1, 0.15) is 24.3 Å². The first-order valence-corrected chi connectivity index (χ1v) is 11.4. The molecule has 0 unspecified atom stereocenters. The van der Waals surface area contributed by atoms with Crippen LogP contribution < -0.4 is 10.1 Å². The Bertz CT molecular complexity index is 1060. The molecule has 2 aliphatic rings. The molecular formula is C21H25N5O5S. The second-order valence-electron chi connectivity index (χ2n) is 7.78. The zero-order valence-corrected chi connectivity index (χ0v) is 18.3. The predicted octanol–water partition coefficient (Wildman–Crippen LogP) is 1.45. The largest absolute Gasteiger partial charge is 0.497 e. The molecule has 3 aromatic rings. The van der Waals surface area contributed by atoms with Gasteiger partial charge in [-0.1, -0.05) is 0 Å². The number of fused-ring (bicyclic) bond motifs is 1. The summed E-state index contributed by atoms with van der Waals surface area (Å²) in [6, 6.07) is 7.83. The van der Waals surface area contributed by atoms with Crippen LogP contribution in [-0.4, -0.2) is 80.2 Å². The van der Waals surface area contributed by atoms with Gasteiger partial charge in [-0.3, -0.25) is 4.57 Å². The fourth-order valence-corrected chi connectivity index (χ4v) is 4.89. The van der Waals surface area contributed by atoms with Crippen LogP contribution >= 0.6 is 11.8 Å². The fraction of sp³-hybridized carbons (Fsp3) is 0.476. The minimum atomic E-state index is -1.11. The molecule has 0 radical (unpaired) electrons. The van der Waals surface area contributed by atoms with Gasteiger partial charge in [0.2, 0.25) is 0 Å². The van der Waals surface area contributed by atoms with Crippen LogP contribution in [0.25, 0.3) is 11.2 Å². The molecular weight excluding hydrogens is 434 g/mol. The van der Waals surface area contributed by atoms with Crippen LogP contribution in [0.4, 0.5) is 5.82 Å². The van der Waals surface area contributed by atoms with Crippen LogP contribution in [0.1, 0.15) is 12.6 Å². The lowest BCUT2D eigenvalue weighted by molar-refractivity contribution is -0.0289. The number of benzene rings is 1. The maximum atomic E-state index is 10.7. The van der Waals surface area contributed by atoms with Crippen molar-refractivity contribution in [1.29, 1.82) is 0 Å². The van der Waals surface area contributed by atoms with Crippen molar-refractivity contribution in [3.05, 3.63) is 36.9 Å². The highest BCUT2D eigenvalue weighted by atomic mass is 32.2. The zero-order chi connectivity index (χ0) is 22.1. The molecule has 0 aliphatic carbocycles. The van der Waals surface area contributed by atoms with Crippen LogP contribution in [0, 0.1) is 0 Å². The Morgan fingerprint density at radius 3 is 2.78 bits per heavy atom. The van der Waals surface area contributed by atoms with Gasteiger partial charge in [-0.2, -0.15) is 0 Å². The Hall–Kier alpha value is -2.44. The van der Waals surface area contributed by atoms with Gasteiger partial charge in [-0.25, -0.2) is 15.0 Å². The van der Waals surface area contributed by atoms with E-state index < -0.39 is 24.5 Å². The minimum Gasteiger partial charge on any atom is -0.497 e. The molecule has 4 heterocycles. The topological polar surface area (TPSA) is 124 Å². The van der Waals surface area contributed by atoms with E-state index in [9.17, 15) is 10.2 Å². The summed E-state index contributed by atoms with van der Waals surface area (Å²) in [6.07, 6.45) is 0.435. The molecule has 0 spiro atoms. The van der Waals surface area contributed by atoms with Crippen LogP contribution in [0.5, 0.6) is 5.75 Å². The first-order valence-electron chi connectivity index (χ1n) is 10.4. The lowest BCUT2D eigenvalue weighted by Crippen LogP contribution is -2.32. The summed E-state index contributed by atoms with van der Waals surface area (Å²) in [5.41, 5.74) is 1.11. The third-order valence-electron chi connectivity index (χ3n) is 5.71. The summed E-state index contributed by atoms with van der Waals surface area (Å²) in [7, 11) is 1.62. The van der Waals surface area contributed by atoms with E-state index >= 15 is 0 Å². The van der Waals surface area contributed by atoms with Crippen LogP contribution in [0.3, 0.4) is 0 Å². The molecule has 11 heteroatoms. The fourth-order valence-electron chi connectivity index (χ4n) is 3.93. The van der Waals surface area contributed by atoms with E-state index in [0.29, 0.717) is 29.3 Å². The average molecular weight is 460 g/mol. The first-order chi connectivity index (χ1) is 15.6. The van der Waals surface area contributed by atoms with Gasteiger partial charge in [-0.15, -0.1) is 11.8 Å². The van der Waals surface area contributed by atoms with E-state index in [4.69, 9.17) is 14.2 Å². The molecule has 0 amide bonds. The van der Waals surface area contributed by atoms with Crippen LogP contribution in [0.2, 0.25) is 0 Å². The number of nitrogens with one attached hydrogen (secondary N) is 1. The van der Waals surface area contributed by atoms with Gasteiger partial charge in [0.15, 0.2) is 23.2 Å². The number of aromatic nitrogens is 4. The van der Waals surface area contributed by atoms with Gasteiger partial charge in [-0.05, 0) is 30.7 Å². The van der Waals surface area contributed by atoms with E-state index in [0.717, 1.165) is 23.7 Å². The summed E-state index contributed by atoms with van der Waals surface area (Å²) in [5.74, 6) is 1.88. The minimum absolute atomic E-state index is 0.174. The van der Waals surface area contributed by atoms with Crippen molar-refractivity contribution >= 4 is 28.7 Å². The lowest BCUT2D eigenvalue weighted by Gasteiger charge is -2.17. The van der Waals surface area contributed by atoms with E-state index in [1.807, 2.05) is 24.3 Å². The van der Waals surface area contributed by atoms with E-state index in [-0.39, 0.29) is 6.04 Å². The summed E-state index contributed by atoms with van der Waals surface area (Å²) in [4.78, 5) is 14.1. The third kappa shape index (κ3) is 4.14. The third-order valence-corrected chi connectivity index (χ3v) is 6.82. The Balaban J connectivity index is 1.31. The Kier molecular flexibility index (Phi) is 6.15. The number of imidazole rings is 1. The standard InChI is InChI=1S/C21H25N5O5S/c1-29-13-2-4-14(5-3-13)32-9-15-17(27)18(28)21(31-15)26-11-24-16-19(22-10-23-20(16)26)25-12-6-7-30-8-12/h2-5,10-12,15,17-18,21,27-28H,6-9H2,1H3,(H,22,23,25)/t12-,15-,17+,18+,21-/m1/s1. The molecule has 2 aliphatic heterocycles. The van der Waals surface area contributed by atoms with E-state index in [1.54, 1.807) is 29.8 Å². The molecule has 0 saturated carbocycles. The monoisotopic (exact) mass is 459 g/mol. The van der Waals surface area contributed by atoms with Crippen molar-refractivity contribution in [3.63, 3.8) is 0 Å². The zero-order valence-electron chi connectivity index (χ0n) is 17.5. The normalized spacial score (nSPS) is 27.8. The molecule has 5 rings (SSSR count). The number of hydrogen-bond donors (Lipinski definition) is 3. The molecule has 1 aromatic carbocycles. The number of methoxy groups -OCH3 is 1. The maximum Gasteiger partial charge on any atom is 0.167 e. The van der Waals surface area contributed by atoms with Gasteiger partial charge in [0, 0.05) is 17.3 Å². The average Bonchev–Trinajstić information content (AvgIpc) is 3.54. The highest BCUT2D eigenvalue weighted by Crippen LogP contribution is 2.35. The van der Waals surface area contributed by atoms with Crippen molar-refractivity contribution in [2.75, 3.05) is 31.4 Å². The molecule has 0 bridgehead atoms. The molecule has 2 aromatic heterocycles. The summed E-state index contributed by atoms with van der Waals surface area (Å²) in [6.45, 7) is 1.34. The molecule has 2 fully saturated rings. The number of aliphatic hydroxyl groups excluding tert-OH is 2. The van der Waals surface area contributed by atoms with Gasteiger partial charge >= 0.3 is 0 Å². The van der Waals surface area contributed by atoms with Crippen LogP contribution in [-0.2, 0) is 9.47 Å². The SMILES string of the molecule is COc1ccc(SC[C@H]2O[C@@H](n3cnc4c(N[C@@H]5CCOC5)ncnc43)[C@@H](O)[C@H]2O)cc1. The number of thioether (sulfide) groups is 1. The quantitative estimate of drug-likeness (QED) is 0.447. The van der Waals surface area contributed by atoms with Crippen molar-refractivity contribution in [2.24, 2.45) is 0 Å². The van der Waals surface area contributed by atoms with Crippen molar-refractivity contribution < 1.29 is 24.4 Å². The molecule has 3 N–H and O–H groups in total. The molecule has 170 valence electrons. The van der Waals surface area contributed by atoms with Gasteiger partial charge in [0.25, 0.3) is 0 Å². The van der Waals surface area contributed by atoms with E-state index in [1.165, 1.54) is 6.33 Å². The second kappa shape index (κ2) is 9.20. The Morgan fingerprint density at radius 1 is 1.19 bits per heavy atom. The highest BCUT2D eigenvalue weighted by Gasteiger charge is 2.44. The molecule has 2 saturated heterocycles. The lowest BCUT2D eigenvalue weighted by atomic mass is 10.1. The maximum absolute atomic E-state index is 10.7. The number of rotatable bonds is 7. The number of aliphatic hydroxyl groups is 2. The Morgan fingerprint density at radius 2 is 2.03 bits per heavy atom. The predicted molar refractivity (Wildman–Crippen MR) is 118 cm³/mol. The summed E-state index contributed by atoms with van der Waals surface area (Å²) in [5, 5.41) is 24.6. The van der Waals surface area contributed by atoms with E-state index in [2.05, 4.69) is 20.3 Å². The molecule has 10 nitrogen and oxygen atoms in total. The Labute approximate surface area is 188 Å². The molecule has 32 heavy (non-hydrogen) atoms. The smallest absolute Gasteiger partial charge is 0.167 e. The van der Waals surface area contributed by atoms with Crippen molar-refractivity contribution in [3.8, 4) is 5.75 Å². The van der Waals surface area contributed by atoms with Gasteiger partial charge in [0.05, 0.1) is 32.2 Å². The summed E-state index contributed by atoms with van der Waals surface area (Å²) < 4.78 is 18.3. The number of nitrogens with zero attached hydrogens (tertiary/aromatic N) is 4. The van der Waals surface area contributed by atoms with Gasteiger partial charge < -0.3 is 29.7 Å².